The second-order valence-electron chi connectivity index (χ2n) is 4.43. The molecule has 0 spiro atoms. The highest BCUT2D eigenvalue weighted by Crippen LogP contribution is 2.14. The molecule has 3 N–H and O–H groups in total. The third kappa shape index (κ3) is 8.57. The van der Waals surface area contributed by atoms with Gasteiger partial charge in [-0.1, -0.05) is 48.6 Å². The van der Waals surface area contributed by atoms with Gasteiger partial charge in [-0.3, -0.25) is 4.79 Å². The maximum Gasteiger partial charge on any atom is 0.248 e. The van der Waals surface area contributed by atoms with Crippen LogP contribution in [0.5, 0.6) is 0 Å². The van der Waals surface area contributed by atoms with Crippen molar-refractivity contribution in [1.82, 2.24) is 0 Å². The molecular formula is C19H23NO2. The summed E-state index contributed by atoms with van der Waals surface area (Å²) in [6.45, 7) is 6.96. The zero-order chi connectivity index (χ0) is 16.8. The average Bonchev–Trinajstić information content (AvgIpc) is 2.53. The van der Waals surface area contributed by atoms with Gasteiger partial charge in [0, 0.05) is 12.0 Å². The molecule has 1 aromatic carbocycles. The Bertz CT molecular complexity index is 538. The minimum atomic E-state index is -0.523. The van der Waals surface area contributed by atoms with Crippen LogP contribution in [-0.2, 0) is 4.79 Å². The number of hydrogen-bond acceptors (Lipinski definition) is 2. The van der Waals surface area contributed by atoms with E-state index in [4.69, 9.17) is 17.3 Å². The molecule has 116 valence electrons. The lowest BCUT2D eigenvalue weighted by Gasteiger charge is -2.02. The predicted octanol–water partition coefficient (Wildman–Crippen LogP) is 3.08. The van der Waals surface area contributed by atoms with Crippen LogP contribution in [-0.4, -0.2) is 17.1 Å². The summed E-state index contributed by atoms with van der Waals surface area (Å²) in [6, 6.07) is 9.44. The first-order valence-electron chi connectivity index (χ1n) is 6.97. The number of nitrogens with two attached hydrogens (primary N) is 1. The SMILES string of the molecule is C#CCC(O)C=C.C=CCCC=C(C(N)=O)c1ccccc1. The van der Waals surface area contributed by atoms with Gasteiger partial charge in [-0.15, -0.1) is 25.5 Å². The monoisotopic (exact) mass is 297 g/mol. The van der Waals surface area contributed by atoms with Crippen molar-refractivity contribution in [3.05, 3.63) is 67.3 Å². The fourth-order valence-electron chi connectivity index (χ4n) is 1.53. The summed E-state index contributed by atoms with van der Waals surface area (Å²) in [5.74, 6) is 1.91. The van der Waals surface area contributed by atoms with Gasteiger partial charge in [0.15, 0.2) is 0 Å². The molecule has 0 aromatic heterocycles. The molecule has 0 fully saturated rings. The minimum absolute atomic E-state index is 0.365. The van der Waals surface area contributed by atoms with Gasteiger partial charge in [-0.05, 0) is 18.4 Å². The Labute approximate surface area is 132 Å². The normalized spacial score (nSPS) is 11.4. The fourth-order valence-corrected chi connectivity index (χ4v) is 1.53. The van der Waals surface area contributed by atoms with Gasteiger partial charge in [-0.25, -0.2) is 0 Å². The lowest BCUT2D eigenvalue weighted by Crippen LogP contribution is -2.12. The summed E-state index contributed by atoms with van der Waals surface area (Å²) in [5, 5.41) is 8.60. The molecule has 22 heavy (non-hydrogen) atoms. The third-order valence-corrected chi connectivity index (χ3v) is 2.67. The van der Waals surface area contributed by atoms with E-state index in [1.807, 2.05) is 42.5 Å². The number of benzene rings is 1. The predicted molar refractivity (Wildman–Crippen MR) is 92.7 cm³/mol. The lowest BCUT2D eigenvalue weighted by atomic mass is 10.0. The number of terminal acetylenes is 1. The molecule has 0 bridgehead atoms. The second kappa shape index (κ2) is 12.2. The minimum Gasteiger partial charge on any atom is -0.388 e. The molecule has 0 aliphatic heterocycles. The van der Waals surface area contributed by atoms with Crippen molar-refractivity contribution in [2.45, 2.75) is 25.4 Å². The number of primary amides is 1. The molecule has 0 radical (unpaired) electrons. The van der Waals surface area contributed by atoms with E-state index in [-0.39, 0.29) is 5.91 Å². The molecule has 1 rings (SSSR count). The van der Waals surface area contributed by atoms with Crippen LogP contribution in [0.3, 0.4) is 0 Å². The van der Waals surface area contributed by atoms with E-state index in [1.54, 1.807) is 0 Å². The van der Waals surface area contributed by atoms with Crippen LogP contribution in [0.2, 0.25) is 0 Å². The van der Waals surface area contributed by atoms with E-state index in [0.717, 1.165) is 18.4 Å². The van der Waals surface area contributed by atoms with Gasteiger partial charge in [0.25, 0.3) is 0 Å². The number of carbonyl (C=O) groups is 1. The summed E-state index contributed by atoms with van der Waals surface area (Å²) in [6.07, 6.45) is 11.4. The highest BCUT2D eigenvalue weighted by Gasteiger charge is 2.05. The molecule has 0 heterocycles. The standard InChI is InChI=1S/C13H15NO.C6H8O/c1-2-3-5-10-12(13(14)15)11-8-6-4-7-9-11;1-3-5-6(7)4-2/h2,4,6-10H,1,3,5H2,(H2,14,15);1,4,6-7H,2,5H2. The Hall–Kier alpha value is -2.57. The van der Waals surface area contributed by atoms with Gasteiger partial charge >= 0.3 is 0 Å². The molecule has 1 amide bonds. The number of aliphatic hydroxyl groups is 1. The first-order chi connectivity index (χ1) is 10.6. The first kappa shape index (κ1) is 19.4. The van der Waals surface area contributed by atoms with Crippen molar-refractivity contribution in [3.8, 4) is 12.3 Å². The third-order valence-electron chi connectivity index (χ3n) is 2.67. The van der Waals surface area contributed by atoms with Crippen LogP contribution in [0.15, 0.2) is 61.7 Å². The van der Waals surface area contributed by atoms with E-state index < -0.39 is 6.10 Å². The van der Waals surface area contributed by atoms with E-state index in [1.165, 1.54) is 6.08 Å². The lowest BCUT2D eigenvalue weighted by molar-refractivity contribution is -0.112. The largest absolute Gasteiger partial charge is 0.388 e. The van der Waals surface area contributed by atoms with E-state index in [9.17, 15) is 4.79 Å². The van der Waals surface area contributed by atoms with Gasteiger partial charge in [0.05, 0.1) is 6.10 Å². The highest BCUT2D eigenvalue weighted by atomic mass is 16.3. The van der Waals surface area contributed by atoms with Crippen LogP contribution in [0.1, 0.15) is 24.8 Å². The number of allylic oxidation sites excluding steroid dienone is 2. The molecule has 0 aliphatic carbocycles. The first-order valence-corrected chi connectivity index (χ1v) is 6.97. The van der Waals surface area contributed by atoms with Crippen molar-refractivity contribution in [2.75, 3.05) is 0 Å². The summed E-state index contributed by atoms with van der Waals surface area (Å²) in [5.41, 5.74) is 6.77. The van der Waals surface area contributed by atoms with Crippen molar-refractivity contribution >= 4 is 11.5 Å². The Morgan fingerprint density at radius 1 is 1.32 bits per heavy atom. The second-order valence-corrected chi connectivity index (χ2v) is 4.43. The maximum atomic E-state index is 11.2. The van der Waals surface area contributed by atoms with Crippen LogP contribution < -0.4 is 5.73 Å². The van der Waals surface area contributed by atoms with E-state index >= 15 is 0 Å². The quantitative estimate of drug-likeness (QED) is 0.351. The van der Waals surface area contributed by atoms with Gasteiger partial charge < -0.3 is 10.8 Å². The Balaban J connectivity index is 0.000000534. The smallest absolute Gasteiger partial charge is 0.248 e. The summed E-state index contributed by atoms with van der Waals surface area (Å²) >= 11 is 0. The molecule has 1 aromatic rings. The Morgan fingerprint density at radius 2 is 1.95 bits per heavy atom. The number of rotatable bonds is 7. The molecule has 0 saturated carbocycles. The average molecular weight is 297 g/mol. The van der Waals surface area contributed by atoms with Crippen LogP contribution in [0.4, 0.5) is 0 Å². The zero-order valence-electron chi connectivity index (χ0n) is 12.7. The summed E-state index contributed by atoms with van der Waals surface area (Å²) < 4.78 is 0. The van der Waals surface area contributed by atoms with E-state index in [2.05, 4.69) is 19.1 Å². The topological polar surface area (TPSA) is 63.3 Å². The van der Waals surface area contributed by atoms with Gasteiger partial charge in [0.1, 0.15) is 0 Å². The molecule has 3 nitrogen and oxygen atoms in total. The van der Waals surface area contributed by atoms with Gasteiger partial charge in [-0.2, -0.15) is 0 Å². The van der Waals surface area contributed by atoms with E-state index in [0.29, 0.717) is 12.0 Å². The van der Waals surface area contributed by atoms with Crippen LogP contribution >= 0.6 is 0 Å². The van der Waals surface area contributed by atoms with Crippen molar-refractivity contribution in [3.63, 3.8) is 0 Å². The maximum absolute atomic E-state index is 11.2. The number of carbonyl (C=O) groups excluding carboxylic acids is 1. The molecule has 1 atom stereocenters. The number of aliphatic hydroxyl groups excluding tert-OH is 1. The fraction of sp³-hybridized carbons (Fsp3) is 0.211. The summed E-state index contributed by atoms with van der Waals surface area (Å²) in [4.78, 5) is 11.2. The number of unbranched alkanes of at least 4 members (excludes halogenated alkanes) is 1. The Morgan fingerprint density at radius 3 is 2.36 bits per heavy atom. The molecular weight excluding hydrogens is 274 g/mol. The van der Waals surface area contributed by atoms with Crippen LogP contribution in [0, 0.1) is 12.3 Å². The molecule has 3 heteroatoms. The highest BCUT2D eigenvalue weighted by molar-refractivity contribution is 6.18. The molecule has 0 saturated heterocycles. The zero-order valence-corrected chi connectivity index (χ0v) is 12.7. The number of amides is 1. The number of hydrogen-bond donors (Lipinski definition) is 2. The van der Waals surface area contributed by atoms with Crippen LogP contribution in [0.25, 0.3) is 5.57 Å². The summed E-state index contributed by atoms with van der Waals surface area (Å²) in [7, 11) is 0. The Kier molecular flexibility index (Phi) is 10.8. The van der Waals surface area contributed by atoms with Crippen molar-refractivity contribution in [1.29, 1.82) is 0 Å². The van der Waals surface area contributed by atoms with Crippen molar-refractivity contribution in [2.24, 2.45) is 5.73 Å². The molecule has 1 unspecified atom stereocenters. The van der Waals surface area contributed by atoms with Gasteiger partial charge in [0.2, 0.25) is 5.91 Å². The van der Waals surface area contributed by atoms with Crippen molar-refractivity contribution < 1.29 is 9.90 Å². The molecule has 0 aliphatic rings.